The number of carbonyl (C=O) groups is 1. The van der Waals surface area contributed by atoms with Crippen molar-refractivity contribution < 1.29 is 9.21 Å². The van der Waals surface area contributed by atoms with E-state index in [1.165, 1.54) is 11.8 Å². The van der Waals surface area contributed by atoms with Crippen LogP contribution in [0.1, 0.15) is 5.76 Å². The van der Waals surface area contributed by atoms with Crippen LogP contribution in [-0.2, 0) is 4.79 Å². The number of rotatable bonds is 2. The van der Waals surface area contributed by atoms with Crippen molar-refractivity contribution in [3.8, 4) is 11.3 Å². The Hall–Kier alpha value is -1.27. The van der Waals surface area contributed by atoms with E-state index < -0.39 is 0 Å². The molecule has 0 saturated carbocycles. The Kier molecular flexibility index (Phi) is 4.08. The summed E-state index contributed by atoms with van der Waals surface area (Å²) in [5.74, 6) is 0.852. The molecule has 3 nitrogen and oxygen atoms in total. The minimum atomic E-state index is -0.223. The molecule has 1 aliphatic heterocycles. The van der Waals surface area contributed by atoms with Crippen molar-refractivity contribution in [3.63, 3.8) is 0 Å². The van der Waals surface area contributed by atoms with Crippen molar-refractivity contribution in [3.05, 3.63) is 51.0 Å². The molecule has 1 aromatic heterocycles. The number of amides is 1. The third-order valence-electron chi connectivity index (χ3n) is 2.75. The van der Waals surface area contributed by atoms with E-state index in [2.05, 4.69) is 5.32 Å². The number of benzene rings is 1. The summed E-state index contributed by atoms with van der Waals surface area (Å²) in [4.78, 5) is 12.1. The van der Waals surface area contributed by atoms with Gasteiger partial charge in [0.25, 0.3) is 5.91 Å². The minimum Gasteiger partial charge on any atom is -0.457 e. The van der Waals surface area contributed by atoms with E-state index >= 15 is 0 Å². The monoisotopic (exact) mass is 355 g/mol. The van der Waals surface area contributed by atoms with Gasteiger partial charge in [0.05, 0.1) is 20.5 Å². The first-order chi connectivity index (χ1) is 10.0. The van der Waals surface area contributed by atoms with Crippen LogP contribution in [0.5, 0.6) is 0 Å². The van der Waals surface area contributed by atoms with Gasteiger partial charge in [-0.3, -0.25) is 4.79 Å². The van der Waals surface area contributed by atoms with Crippen molar-refractivity contribution >= 4 is 63.5 Å². The highest BCUT2D eigenvalue weighted by Crippen LogP contribution is 2.36. The van der Waals surface area contributed by atoms with Gasteiger partial charge in [-0.25, -0.2) is 0 Å². The number of hydrogen-bond acceptors (Lipinski definition) is 4. The Balaban J connectivity index is 1.96. The van der Waals surface area contributed by atoms with Gasteiger partial charge in [-0.2, -0.15) is 0 Å². The molecule has 1 amide bonds. The Morgan fingerprint density at radius 1 is 1.19 bits per heavy atom. The fourth-order valence-electron chi connectivity index (χ4n) is 1.85. The van der Waals surface area contributed by atoms with E-state index in [9.17, 15) is 4.79 Å². The van der Waals surface area contributed by atoms with Gasteiger partial charge in [-0.05, 0) is 24.3 Å². The van der Waals surface area contributed by atoms with Crippen LogP contribution in [0.15, 0.2) is 39.7 Å². The predicted octanol–water partition coefficient (Wildman–Crippen LogP) is 4.74. The summed E-state index contributed by atoms with van der Waals surface area (Å²) in [5, 5.41) is 3.56. The number of thiocarbonyl (C=S) groups is 1. The second-order valence-corrected chi connectivity index (χ2v) is 6.68. The Morgan fingerprint density at radius 3 is 2.52 bits per heavy atom. The second kappa shape index (κ2) is 5.85. The molecule has 2 aromatic rings. The van der Waals surface area contributed by atoms with Gasteiger partial charge < -0.3 is 9.73 Å². The number of carbonyl (C=O) groups excluding carboxylic acids is 1. The predicted molar refractivity (Wildman–Crippen MR) is 90.5 cm³/mol. The third-order valence-corrected chi connectivity index (χ3v) is 4.54. The molecule has 106 valence electrons. The number of hydrogen-bond donors (Lipinski definition) is 1. The van der Waals surface area contributed by atoms with Crippen molar-refractivity contribution in [1.82, 2.24) is 5.32 Å². The first kappa shape index (κ1) is 14.7. The van der Waals surface area contributed by atoms with Crippen LogP contribution in [0, 0.1) is 0 Å². The maximum atomic E-state index is 11.6. The molecule has 1 N–H and O–H groups in total. The standard InChI is InChI=1S/C14H7Cl2NO2S2/c15-8-2-1-3-9(16)12(8)10-5-4-7(19-10)6-11-13(18)17-14(20)21-11/h1-6H,(H,17,18,20). The Labute approximate surface area is 140 Å². The number of thioether (sulfide) groups is 1. The molecule has 7 heteroatoms. The molecule has 1 fully saturated rings. The highest BCUT2D eigenvalue weighted by Gasteiger charge is 2.22. The molecular formula is C14H7Cl2NO2S2. The van der Waals surface area contributed by atoms with Gasteiger partial charge in [0.2, 0.25) is 0 Å². The third kappa shape index (κ3) is 3.01. The lowest BCUT2D eigenvalue weighted by molar-refractivity contribution is -0.115. The maximum absolute atomic E-state index is 11.6. The summed E-state index contributed by atoms with van der Waals surface area (Å²) in [6.45, 7) is 0. The molecule has 1 aliphatic rings. The summed E-state index contributed by atoms with van der Waals surface area (Å²) in [7, 11) is 0. The van der Waals surface area contributed by atoms with Crippen molar-refractivity contribution in [1.29, 1.82) is 0 Å². The minimum absolute atomic E-state index is 0.223. The lowest BCUT2D eigenvalue weighted by Crippen LogP contribution is -2.17. The maximum Gasteiger partial charge on any atom is 0.263 e. The molecule has 1 aromatic carbocycles. The van der Waals surface area contributed by atoms with Gasteiger partial charge in [0.15, 0.2) is 0 Å². The molecule has 0 bridgehead atoms. The van der Waals surface area contributed by atoms with Gasteiger partial charge in [-0.15, -0.1) is 0 Å². The molecule has 0 radical (unpaired) electrons. The number of furan rings is 1. The first-order valence-corrected chi connectivity index (χ1v) is 7.82. The highest BCUT2D eigenvalue weighted by atomic mass is 35.5. The number of halogens is 2. The summed E-state index contributed by atoms with van der Waals surface area (Å²) in [5.41, 5.74) is 0.629. The van der Waals surface area contributed by atoms with E-state index in [1.54, 1.807) is 36.4 Å². The van der Waals surface area contributed by atoms with Crippen molar-refractivity contribution in [2.45, 2.75) is 0 Å². The van der Waals surface area contributed by atoms with Crippen LogP contribution in [0.4, 0.5) is 0 Å². The summed E-state index contributed by atoms with van der Waals surface area (Å²) in [6.07, 6.45) is 1.63. The Bertz CT molecular complexity index is 763. The average Bonchev–Trinajstić information content (AvgIpc) is 2.97. The largest absolute Gasteiger partial charge is 0.457 e. The molecular weight excluding hydrogens is 349 g/mol. The van der Waals surface area contributed by atoms with Crippen molar-refractivity contribution in [2.75, 3.05) is 0 Å². The zero-order chi connectivity index (χ0) is 15.0. The van der Waals surface area contributed by atoms with E-state index in [4.69, 9.17) is 39.8 Å². The molecule has 3 rings (SSSR count). The van der Waals surface area contributed by atoms with Gasteiger partial charge in [0.1, 0.15) is 15.8 Å². The highest BCUT2D eigenvalue weighted by molar-refractivity contribution is 8.26. The topological polar surface area (TPSA) is 42.2 Å². The van der Waals surface area contributed by atoms with Crippen LogP contribution in [0.3, 0.4) is 0 Å². The number of nitrogens with one attached hydrogen (secondary N) is 1. The fraction of sp³-hybridized carbons (Fsp3) is 0. The summed E-state index contributed by atoms with van der Waals surface area (Å²) >= 11 is 18.4. The molecule has 0 aliphatic carbocycles. The lowest BCUT2D eigenvalue weighted by atomic mass is 10.2. The molecule has 21 heavy (non-hydrogen) atoms. The fourth-order valence-corrected chi connectivity index (χ4v) is 3.46. The van der Waals surface area contributed by atoms with E-state index in [-0.39, 0.29) is 5.91 Å². The van der Waals surface area contributed by atoms with Gasteiger partial charge in [-0.1, -0.05) is 53.2 Å². The zero-order valence-electron chi connectivity index (χ0n) is 10.4. The molecule has 0 unspecified atom stereocenters. The molecule has 0 spiro atoms. The van der Waals surface area contributed by atoms with Crippen LogP contribution < -0.4 is 5.32 Å². The quantitative estimate of drug-likeness (QED) is 0.623. The van der Waals surface area contributed by atoms with Crippen LogP contribution in [-0.4, -0.2) is 10.2 Å². The smallest absolute Gasteiger partial charge is 0.263 e. The summed E-state index contributed by atoms with van der Waals surface area (Å²) < 4.78 is 6.13. The van der Waals surface area contributed by atoms with Crippen LogP contribution in [0.25, 0.3) is 17.4 Å². The first-order valence-electron chi connectivity index (χ1n) is 5.83. The van der Waals surface area contributed by atoms with E-state index in [0.29, 0.717) is 36.4 Å². The summed E-state index contributed by atoms with van der Waals surface area (Å²) in [6, 6.07) is 8.75. The second-order valence-electron chi connectivity index (χ2n) is 4.15. The van der Waals surface area contributed by atoms with Crippen LogP contribution in [0.2, 0.25) is 10.0 Å². The molecule has 0 atom stereocenters. The normalized spacial score (nSPS) is 16.6. The van der Waals surface area contributed by atoms with E-state index in [1.807, 2.05) is 0 Å². The zero-order valence-corrected chi connectivity index (χ0v) is 13.5. The van der Waals surface area contributed by atoms with E-state index in [0.717, 1.165) is 0 Å². The lowest BCUT2D eigenvalue weighted by Gasteiger charge is -2.02. The molecule has 2 heterocycles. The van der Waals surface area contributed by atoms with Gasteiger partial charge >= 0.3 is 0 Å². The molecule has 1 saturated heterocycles. The van der Waals surface area contributed by atoms with Crippen molar-refractivity contribution in [2.24, 2.45) is 0 Å². The van der Waals surface area contributed by atoms with Crippen LogP contribution >= 0.6 is 47.2 Å². The average molecular weight is 356 g/mol. The Morgan fingerprint density at radius 2 is 1.90 bits per heavy atom. The SMILES string of the molecule is O=C1NC(=S)SC1=Cc1ccc(-c2c(Cl)cccc2Cl)o1. The van der Waals surface area contributed by atoms with Gasteiger partial charge in [0, 0.05) is 6.08 Å².